The van der Waals surface area contributed by atoms with E-state index in [0.717, 1.165) is 0 Å². The number of carboxylic acid groups (broad SMARTS) is 1. The van der Waals surface area contributed by atoms with Gasteiger partial charge in [-0.1, -0.05) is 0 Å². The van der Waals surface area contributed by atoms with Gasteiger partial charge in [-0.05, 0) is 26.7 Å². The van der Waals surface area contributed by atoms with Crippen molar-refractivity contribution in [1.29, 1.82) is 0 Å². The Labute approximate surface area is 118 Å². The Morgan fingerprint density at radius 2 is 1.95 bits per heavy atom. The molecule has 0 aromatic rings. The van der Waals surface area contributed by atoms with E-state index < -0.39 is 17.9 Å². The van der Waals surface area contributed by atoms with Crippen molar-refractivity contribution < 1.29 is 19.5 Å². The number of carboxylic acids is 1. The number of aliphatic carboxylic acids is 1. The second-order valence-electron chi connectivity index (χ2n) is 5.51. The van der Waals surface area contributed by atoms with Gasteiger partial charge in [0.05, 0.1) is 5.92 Å². The highest BCUT2D eigenvalue weighted by Gasteiger charge is 2.33. The lowest BCUT2D eigenvalue weighted by Gasteiger charge is -2.36. The Morgan fingerprint density at radius 1 is 1.35 bits per heavy atom. The number of nitrogens with one attached hydrogen (secondary N) is 1. The smallest absolute Gasteiger partial charge is 0.318 e. The van der Waals surface area contributed by atoms with Crippen molar-refractivity contribution in [3.05, 3.63) is 0 Å². The average Bonchev–Trinajstić information content (AvgIpc) is 2.36. The second-order valence-corrected chi connectivity index (χ2v) is 5.51. The maximum Gasteiger partial charge on any atom is 0.318 e. The number of carbonyl (C=O) groups is 3. The molecule has 7 nitrogen and oxygen atoms in total. The third kappa shape index (κ3) is 3.85. The summed E-state index contributed by atoms with van der Waals surface area (Å²) < 4.78 is 0. The van der Waals surface area contributed by atoms with Crippen molar-refractivity contribution in [2.24, 2.45) is 5.92 Å². The van der Waals surface area contributed by atoms with E-state index in [1.54, 1.807) is 25.9 Å². The van der Waals surface area contributed by atoms with Crippen LogP contribution in [0, 0.1) is 5.92 Å². The standard InChI is InChI=1S/C13H23N3O4/c1-8-7-10(12(18)19)5-6-16(8)13(20)14-9(2)11(17)15(3)4/h8-10H,5-7H2,1-4H3,(H,14,20)(H,18,19). The van der Waals surface area contributed by atoms with Crippen LogP contribution in [-0.2, 0) is 9.59 Å². The molecule has 3 unspecified atom stereocenters. The van der Waals surface area contributed by atoms with Crippen molar-refractivity contribution in [3.63, 3.8) is 0 Å². The van der Waals surface area contributed by atoms with Gasteiger partial charge in [0.2, 0.25) is 5.91 Å². The molecule has 1 fully saturated rings. The van der Waals surface area contributed by atoms with Crippen molar-refractivity contribution >= 4 is 17.9 Å². The minimum atomic E-state index is -0.812. The fraction of sp³-hybridized carbons (Fsp3) is 0.769. The molecule has 1 saturated heterocycles. The number of rotatable bonds is 3. The average molecular weight is 285 g/mol. The zero-order valence-corrected chi connectivity index (χ0v) is 12.4. The largest absolute Gasteiger partial charge is 0.481 e. The number of amides is 3. The first-order chi connectivity index (χ1) is 9.23. The van der Waals surface area contributed by atoms with Crippen LogP contribution in [0.3, 0.4) is 0 Å². The highest BCUT2D eigenvalue weighted by atomic mass is 16.4. The Hall–Kier alpha value is -1.79. The van der Waals surface area contributed by atoms with Crippen LogP contribution < -0.4 is 5.32 Å². The first-order valence-corrected chi connectivity index (χ1v) is 6.75. The minimum absolute atomic E-state index is 0.147. The number of piperidine rings is 1. The number of carbonyl (C=O) groups excluding carboxylic acids is 2. The van der Waals surface area contributed by atoms with Gasteiger partial charge in [-0.2, -0.15) is 0 Å². The monoisotopic (exact) mass is 285 g/mol. The van der Waals surface area contributed by atoms with Crippen molar-refractivity contribution in [1.82, 2.24) is 15.1 Å². The molecule has 1 aliphatic rings. The lowest BCUT2D eigenvalue weighted by Crippen LogP contribution is -2.54. The molecule has 3 atom stereocenters. The van der Waals surface area contributed by atoms with Gasteiger partial charge in [0, 0.05) is 26.7 Å². The molecule has 1 aliphatic heterocycles. The number of urea groups is 1. The third-order valence-electron chi connectivity index (χ3n) is 3.64. The maximum atomic E-state index is 12.1. The summed E-state index contributed by atoms with van der Waals surface area (Å²) in [5, 5.41) is 11.6. The fourth-order valence-electron chi connectivity index (χ4n) is 2.42. The van der Waals surface area contributed by atoms with Crippen LogP contribution in [0.4, 0.5) is 4.79 Å². The van der Waals surface area contributed by atoms with Gasteiger partial charge in [-0.25, -0.2) is 4.79 Å². The zero-order chi connectivity index (χ0) is 15.4. The summed E-state index contributed by atoms with van der Waals surface area (Å²) in [7, 11) is 3.26. The van der Waals surface area contributed by atoms with Gasteiger partial charge in [0.25, 0.3) is 0 Å². The number of hydrogen-bond acceptors (Lipinski definition) is 3. The van der Waals surface area contributed by atoms with E-state index >= 15 is 0 Å². The molecule has 0 radical (unpaired) electrons. The van der Waals surface area contributed by atoms with E-state index in [-0.39, 0.29) is 18.0 Å². The van der Waals surface area contributed by atoms with Gasteiger partial charge in [0.15, 0.2) is 0 Å². The number of likely N-dealkylation sites (tertiary alicyclic amines) is 1. The van der Waals surface area contributed by atoms with Gasteiger partial charge in [0.1, 0.15) is 6.04 Å². The summed E-state index contributed by atoms with van der Waals surface area (Å²) in [4.78, 5) is 37.8. The lowest BCUT2D eigenvalue weighted by atomic mass is 9.92. The molecule has 0 aromatic heterocycles. The topological polar surface area (TPSA) is 90.0 Å². The molecule has 1 rings (SSSR count). The van der Waals surface area contributed by atoms with E-state index in [1.165, 1.54) is 4.90 Å². The highest BCUT2D eigenvalue weighted by Crippen LogP contribution is 2.23. The Kier molecular flexibility index (Phi) is 5.35. The molecule has 0 spiro atoms. The predicted molar refractivity (Wildman–Crippen MR) is 73.2 cm³/mol. The van der Waals surface area contributed by atoms with Crippen molar-refractivity contribution in [2.75, 3.05) is 20.6 Å². The summed E-state index contributed by atoms with van der Waals surface area (Å²) >= 11 is 0. The molecule has 0 aromatic carbocycles. The Balaban J connectivity index is 2.57. The van der Waals surface area contributed by atoms with Crippen LogP contribution in [0.2, 0.25) is 0 Å². The van der Waals surface area contributed by atoms with Gasteiger partial charge >= 0.3 is 12.0 Å². The van der Waals surface area contributed by atoms with E-state index in [4.69, 9.17) is 5.11 Å². The van der Waals surface area contributed by atoms with Crippen LogP contribution in [0.15, 0.2) is 0 Å². The fourth-order valence-corrected chi connectivity index (χ4v) is 2.42. The van der Waals surface area contributed by atoms with E-state index in [9.17, 15) is 14.4 Å². The number of likely N-dealkylation sites (N-methyl/N-ethyl adjacent to an activating group) is 1. The molecule has 7 heteroatoms. The van der Waals surface area contributed by atoms with E-state index in [0.29, 0.717) is 19.4 Å². The molecular weight excluding hydrogens is 262 g/mol. The maximum absolute atomic E-state index is 12.1. The molecule has 114 valence electrons. The molecule has 0 aliphatic carbocycles. The molecule has 0 bridgehead atoms. The minimum Gasteiger partial charge on any atom is -0.481 e. The van der Waals surface area contributed by atoms with Crippen LogP contribution in [0.1, 0.15) is 26.7 Å². The van der Waals surface area contributed by atoms with Crippen LogP contribution in [-0.4, -0.2) is 65.5 Å². The second kappa shape index (κ2) is 6.58. The van der Waals surface area contributed by atoms with Crippen LogP contribution >= 0.6 is 0 Å². The molecule has 0 saturated carbocycles. The molecular formula is C13H23N3O4. The SMILES string of the molecule is CC(NC(=O)N1CCC(C(=O)O)CC1C)C(=O)N(C)C. The summed E-state index contributed by atoms with van der Waals surface area (Å²) in [6.07, 6.45) is 0.891. The predicted octanol–water partition coefficient (Wildman–Crippen LogP) is 0.358. The molecule has 1 heterocycles. The van der Waals surface area contributed by atoms with Crippen molar-refractivity contribution in [3.8, 4) is 0 Å². The Bertz CT molecular complexity index is 397. The van der Waals surface area contributed by atoms with Gasteiger partial charge in [-0.15, -0.1) is 0 Å². The molecule has 20 heavy (non-hydrogen) atoms. The summed E-state index contributed by atoms with van der Waals surface area (Å²) in [6.45, 7) is 3.86. The summed E-state index contributed by atoms with van der Waals surface area (Å²) in [6, 6.07) is -1.06. The summed E-state index contributed by atoms with van der Waals surface area (Å²) in [5.74, 6) is -1.38. The van der Waals surface area contributed by atoms with Crippen LogP contribution in [0.25, 0.3) is 0 Å². The van der Waals surface area contributed by atoms with E-state index in [2.05, 4.69) is 5.32 Å². The first kappa shape index (κ1) is 16.3. The van der Waals surface area contributed by atoms with Crippen molar-refractivity contribution in [2.45, 2.75) is 38.8 Å². The lowest BCUT2D eigenvalue weighted by molar-refractivity contribution is -0.143. The van der Waals surface area contributed by atoms with E-state index in [1.807, 2.05) is 6.92 Å². The first-order valence-electron chi connectivity index (χ1n) is 6.75. The number of nitrogens with zero attached hydrogens (tertiary/aromatic N) is 2. The third-order valence-corrected chi connectivity index (χ3v) is 3.64. The zero-order valence-electron chi connectivity index (χ0n) is 12.4. The quantitative estimate of drug-likeness (QED) is 0.783. The molecule has 2 N–H and O–H groups in total. The normalized spacial score (nSPS) is 23.9. The van der Waals surface area contributed by atoms with Gasteiger partial charge in [-0.3, -0.25) is 9.59 Å². The highest BCUT2D eigenvalue weighted by molar-refractivity contribution is 5.86. The Morgan fingerprint density at radius 3 is 2.40 bits per heavy atom. The molecule has 3 amide bonds. The van der Waals surface area contributed by atoms with Crippen LogP contribution in [0.5, 0.6) is 0 Å². The summed E-state index contributed by atoms with van der Waals surface area (Å²) in [5.41, 5.74) is 0. The van der Waals surface area contributed by atoms with Gasteiger partial charge < -0.3 is 20.2 Å². The number of hydrogen-bond donors (Lipinski definition) is 2.